The smallest absolute Gasteiger partial charge is 0.224 e. The van der Waals surface area contributed by atoms with E-state index in [4.69, 9.17) is 0 Å². The molecule has 1 amide bonds. The van der Waals surface area contributed by atoms with Crippen molar-refractivity contribution in [1.29, 1.82) is 0 Å². The summed E-state index contributed by atoms with van der Waals surface area (Å²) in [6.07, 6.45) is 8.84. The first-order valence-corrected chi connectivity index (χ1v) is 10.9. The number of carbonyl (C=O) groups excluding carboxylic acids is 1. The third-order valence-corrected chi connectivity index (χ3v) is 6.28. The zero-order chi connectivity index (χ0) is 20.9. The van der Waals surface area contributed by atoms with Gasteiger partial charge in [0.05, 0.1) is 6.42 Å². The van der Waals surface area contributed by atoms with Crippen molar-refractivity contribution >= 4 is 16.8 Å². The predicted octanol–water partition coefficient (Wildman–Crippen LogP) is 4.90. The topological polar surface area (TPSA) is 48.1 Å². The lowest BCUT2D eigenvalue weighted by molar-refractivity contribution is -0.120. The van der Waals surface area contributed by atoms with Crippen LogP contribution in [0.1, 0.15) is 37.7 Å². The van der Waals surface area contributed by atoms with Gasteiger partial charge in [0.1, 0.15) is 5.82 Å². The molecule has 1 heterocycles. The van der Waals surface area contributed by atoms with Crippen LogP contribution in [0.3, 0.4) is 0 Å². The number of hydrogen-bond acceptors (Lipinski definition) is 2. The highest BCUT2D eigenvalue weighted by Crippen LogP contribution is 2.26. The van der Waals surface area contributed by atoms with E-state index in [1.807, 2.05) is 24.4 Å². The average Bonchev–Trinajstić information content (AvgIpc) is 3.16. The van der Waals surface area contributed by atoms with Crippen molar-refractivity contribution < 1.29 is 9.18 Å². The van der Waals surface area contributed by atoms with Crippen LogP contribution in [-0.4, -0.2) is 42.0 Å². The number of aromatic amines is 1. The molecule has 1 fully saturated rings. The van der Waals surface area contributed by atoms with Crippen LogP contribution in [-0.2, 0) is 11.2 Å². The van der Waals surface area contributed by atoms with Crippen LogP contribution in [0, 0.1) is 5.82 Å². The Morgan fingerprint density at radius 1 is 1.10 bits per heavy atom. The van der Waals surface area contributed by atoms with E-state index in [1.165, 1.54) is 44.2 Å². The van der Waals surface area contributed by atoms with Crippen molar-refractivity contribution in [3.63, 3.8) is 0 Å². The standard InChI is InChI=1S/C25H30FN3O/c1-29(22-5-3-2-4-6-22)14-13-27-25(30)16-20-17-28-24-15-19(9-12-23(20)24)18-7-10-21(26)11-8-18/h7-12,15,17,22,28H,2-6,13-14,16H2,1H3,(H,27,30). The Hall–Kier alpha value is -2.66. The Kier molecular flexibility index (Phi) is 6.48. The first kappa shape index (κ1) is 20.6. The van der Waals surface area contributed by atoms with E-state index in [9.17, 15) is 9.18 Å². The zero-order valence-corrected chi connectivity index (χ0v) is 17.6. The predicted molar refractivity (Wildman–Crippen MR) is 120 cm³/mol. The van der Waals surface area contributed by atoms with Gasteiger partial charge in [0, 0.05) is 36.2 Å². The summed E-state index contributed by atoms with van der Waals surface area (Å²) in [5, 5.41) is 4.12. The maximum Gasteiger partial charge on any atom is 0.224 e. The largest absolute Gasteiger partial charge is 0.361 e. The lowest BCUT2D eigenvalue weighted by Crippen LogP contribution is -2.39. The number of aromatic nitrogens is 1. The van der Waals surface area contributed by atoms with Gasteiger partial charge in [-0.05, 0) is 54.8 Å². The summed E-state index contributed by atoms with van der Waals surface area (Å²) in [6.45, 7) is 1.58. The lowest BCUT2D eigenvalue weighted by atomic mass is 9.94. The fourth-order valence-electron chi connectivity index (χ4n) is 4.47. The van der Waals surface area contributed by atoms with Crippen LogP contribution in [0.2, 0.25) is 0 Å². The number of rotatable bonds is 7. The molecule has 4 nitrogen and oxygen atoms in total. The van der Waals surface area contributed by atoms with E-state index in [-0.39, 0.29) is 11.7 Å². The van der Waals surface area contributed by atoms with Gasteiger partial charge in [0.2, 0.25) is 5.91 Å². The highest BCUT2D eigenvalue weighted by molar-refractivity contribution is 5.91. The van der Waals surface area contributed by atoms with Gasteiger partial charge in [-0.3, -0.25) is 4.79 Å². The third-order valence-electron chi connectivity index (χ3n) is 6.28. The summed E-state index contributed by atoms with van der Waals surface area (Å²) < 4.78 is 13.2. The Morgan fingerprint density at radius 3 is 2.60 bits per heavy atom. The summed E-state index contributed by atoms with van der Waals surface area (Å²) in [5.74, 6) is -0.187. The van der Waals surface area contributed by atoms with Crippen molar-refractivity contribution in [2.45, 2.75) is 44.6 Å². The SMILES string of the molecule is CN(CCNC(=O)Cc1c[nH]c2cc(-c3ccc(F)cc3)ccc12)C1CCCCC1. The number of H-pyrrole nitrogens is 1. The number of likely N-dealkylation sites (N-methyl/N-ethyl adjacent to an activating group) is 1. The quantitative estimate of drug-likeness (QED) is 0.585. The fraction of sp³-hybridized carbons (Fsp3) is 0.400. The molecular formula is C25H30FN3O. The molecule has 2 N–H and O–H groups in total. The molecular weight excluding hydrogens is 377 g/mol. The minimum atomic E-state index is -0.238. The molecule has 1 aliphatic carbocycles. The highest BCUT2D eigenvalue weighted by atomic mass is 19.1. The second kappa shape index (κ2) is 9.43. The zero-order valence-electron chi connectivity index (χ0n) is 17.6. The number of fused-ring (bicyclic) bond motifs is 1. The van der Waals surface area contributed by atoms with Crippen molar-refractivity contribution in [2.24, 2.45) is 0 Å². The van der Waals surface area contributed by atoms with E-state index in [2.05, 4.69) is 22.2 Å². The normalized spacial score (nSPS) is 15.0. The maximum atomic E-state index is 13.2. The molecule has 158 valence electrons. The Bertz CT molecular complexity index is 989. The minimum Gasteiger partial charge on any atom is -0.361 e. The van der Waals surface area contributed by atoms with Gasteiger partial charge in [-0.2, -0.15) is 0 Å². The second-order valence-electron chi connectivity index (χ2n) is 8.38. The van der Waals surface area contributed by atoms with E-state index < -0.39 is 0 Å². The lowest BCUT2D eigenvalue weighted by Gasteiger charge is -2.31. The van der Waals surface area contributed by atoms with E-state index in [0.717, 1.165) is 34.1 Å². The van der Waals surface area contributed by atoms with Gasteiger partial charge in [0.15, 0.2) is 0 Å². The summed E-state index contributed by atoms with van der Waals surface area (Å²) >= 11 is 0. The molecule has 0 atom stereocenters. The number of benzene rings is 2. The molecule has 4 rings (SSSR count). The third kappa shape index (κ3) is 4.90. The molecule has 30 heavy (non-hydrogen) atoms. The summed E-state index contributed by atoms with van der Waals surface area (Å²) in [4.78, 5) is 18.1. The molecule has 5 heteroatoms. The van der Waals surface area contributed by atoms with Crippen LogP contribution < -0.4 is 5.32 Å². The highest BCUT2D eigenvalue weighted by Gasteiger charge is 2.17. The minimum absolute atomic E-state index is 0.0514. The molecule has 0 spiro atoms. The second-order valence-corrected chi connectivity index (χ2v) is 8.38. The van der Waals surface area contributed by atoms with Crippen LogP contribution in [0.5, 0.6) is 0 Å². The monoisotopic (exact) mass is 407 g/mol. The van der Waals surface area contributed by atoms with Crippen LogP contribution in [0.15, 0.2) is 48.7 Å². The molecule has 0 aliphatic heterocycles. The molecule has 1 aliphatic rings. The van der Waals surface area contributed by atoms with E-state index >= 15 is 0 Å². The Morgan fingerprint density at radius 2 is 1.83 bits per heavy atom. The van der Waals surface area contributed by atoms with Gasteiger partial charge in [-0.15, -0.1) is 0 Å². The fourth-order valence-corrected chi connectivity index (χ4v) is 4.47. The number of carbonyl (C=O) groups is 1. The van der Waals surface area contributed by atoms with Crippen LogP contribution >= 0.6 is 0 Å². The van der Waals surface area contributed by atoms with Crippen LogP contribution in [0.25, 0.3) is 22.0 Å². The molecule has 0 radical (unpaired) electrons. The number of amides is 1. The molecule has 3 aromatic rings. The number of nitrogens with one attached hydrogen (secondary N) is 2. The Balaban J connectivity index is 1.33. The van der Waals surface area contributed by atoms with Gasteiger partial charge in [-0.1, -0.05) is 43.5 Å². The maximum absolute atomic E-state index is 13.2. The molecule has 0 bridgehead atoms. The molecule has 0 unspecified atom stereocenters. The Labute approximate surface area is 177 Å². The van der Waals surface area contributed by atoms with E-state index in [0.29, 0.717) is 19.0 Å². The molecule has 0 saturated heterocycles. The van der Waals surface area contributed by atoms with Gasteiger partial charge in [0.25, 0.3) is 0 Å². The summed E-state index contributed by atoms with van der Waals surface area (Å²) in [5.41, 5.74) is 3.96. The first-order chi connectivity index (χ1) is 14.6. The average molecular weight is 408 g/mol. The summed E-state index contributed by atoms with van der Waals surface area (Å²) in [6, 6.07) is 13.2. The number of halogens is 1. The van der Waals surface area contributed by atoms with Crippen molar-refractivity contribution in [3.05, 3.63) is 60.0 Å². The van der Waals surface area contributed by atoms with Crippen molar-refractivity contribution in [1.82, 2.24) is 15.2 Å². The van der Waals surface area contributed by atoms with Crippen molar-refractivity contribution in [2.75, 3.05) is 20.1 Å². The molecule has 1 saturated carbocycles. The summed E-state index contributed by atoms with van der Waals surface area (Å²) in [7, 11) is 2.17. The number of hydrogen-bond donors (Lipinski definition) is 2. The molecule has 1 aromatic heterocycles. The van der Waals surface area contributed by atoms with Gasteiger partial charge in [-0.25, -0.2) is 4.39 Å². The molecule has 2 aromatic carbocycles. The van der Waals surface area contributed by atoms with Gasteiger partial charge >= 0.3 is 0 Å². The first-order valence-electron chi connectivity index (χ1n) is 10.9. The number of nitrogens with zero attached hydrogens (tertiary/aromatic N) is 1. The van der Waals surface area contributed by atoms with E-state index in [1.54, 1.807) is 12.1 Å². The van der Waals surface area contributed by atoms with Gasteiger partial charge < -0.3 is 15.2 Å². The van der Waals surface area contributed by atoms with Crippen molar-refractivity contribution in [3.8, 4) is 11.1 Å². The van der Waals surface area contributed by atoms with Crippen LogP contribution in [0.4, 0.5) is 4.39 Å².